The Balaban J connectivity index is 2.82. The Kier molecular flexibility index (Phi) is 4.07. The molecule has 0 saturated carbocycles. The molecule has 17 heavy (non-hydrogen) atoms. The van der Waals surface area contributed by atoms with Crippen LogP contribution < -0.4 is 4.74 Å². The van der Waals surface area contributed by atoms with Crippen LogP contribution in [0.3, 0.4) is 0 Å². The molecule has 5 nitrogen and oxygen atoms in total. The van der Waals surface area contributed by atoms with Crippen LogP contribution in [0, 0.1) is 0 Å². The van der Waals surface area contributed by atoms with Crippen LogP contribution >= 0.6 is 0 Å². The smallest absolute Gasteiger partial charge is 0.335 e. The zero-order valence-electron chi connectivity index (χ0n) is 10.2. The first-order chi connectivity index (χ1) is 7.81. The lowest BCUT2D eigenvalue weighted by Gasteiger charge is -2.17. The number of pyridine rings is 1. The zero-order valence-corrected chi connectivity index (χ0v) is 10.2. The fraction of sp³-hybridized carbons (Fsp3) is 0.500. The molecule has 94 valence electrons. The summed E-state index contributed by atoms with van der Waals surface area (Å²) >= 11 is 0. The van der Waals surface area contributed by atoms with Crippen molar-refractivity contribution in [3.05, 3.63) is 23.9 Å². The van der Waals surface area contributed by atoms with E-state index in [0.717, 1.165) is 0 Å². The SMILES string of the molecule is CC(C)Oc1cccc(CC(C)(O)C(=O)O)n1. The van der Waals surface area contributed by atoms with Crippen LogP contribution in [0.1, 0.15) is 26.5 Å². The summed E-state index contributed by atoms with van der Waals surface area (Å²) in [6.07, 6.45) is -0.0600. The summed E-state index contributed by atoms with van der Waals surface area (Å²) < 4.78 is 5.39. The van der Waals surface area contributed by atoms with Crippen molar-refractivity contribution in [1.82, 2.24) is 4.98 Å². The number of carboxylic acid groups (broad SMARTS) is 1. The van der Waals surface area contributed by atoms with Gasteiger partial charge in [0.1, 0.15) is 0 Å². The largest absolute Gasteiger partial charge is 0.479 e. The Morgan fingerprint density at radius 1 is 1.53 bits per heavy atom. The molecule has 1 aromatic heterocycles. The van der Waals surface area contributed by atoms with Gasteiger partial charge in [-0.3, -0.25) is 0 Å². The molecule has 0 fully saturated rings. The fourth-order valence-electron chi connectivity index (χ4n) is 1.29. The number of carbonyl (C=O) groups is 1. The van der Waals surface area contributed by atoms with Gasteiger partial charge in [-0.1, -0.05) is 6.07 Å². The van der Waals surface area contributed by atoms with E-state index in [1.165, 1.54) is 6.92 Å². The molecule has 0 amide bonds. The van der Waals surface area contributed by atoms with E-state index in [0.29, 0.717) is 11.6 Å². The van der Waals surface area contributed by atoms with Gasteiger partial charge in [-0.15, -0.1) is 0 Å². The van der Waals surface area contributed by atoms with Gasteiger partial charge in [0, 0.05) is 18.2 Å². The molecule has 1 rings (SSSR count). The second kappa shape index (κ2) is 5.14. The van der Waals surface area contributed by atoms with Crippen LogP contribution in [-0.2, 0) is 11.2 Å². The minimum atomic E-state index is -1.82. The molecule has 5 heteroatoms. The number of aliphatic carboxylic acids is 1. The van der Waals surface area contributed by atoms with Crippen molar-refractivity contribution in [1.29, 1.82) is 0 Å². The summed E-state index contributed by atoms with van der Waals surface area (Å²) in [5.74, 6) is -0.840. The quantitative estimate of drug-likeness (QED) is 0.808. The Bertz CT molecular complexity index is 401. The second-order valence-corrected chi connectivity index (χ2v) is 4.39. The number of ether oxygens (including phenoxy) is 1. The van der Waals surface area contributed by atoms with Crippen molar-refractivity contribution in [3.63, 3.8) is 0 Å². The first kappa shape index (κ1) is 13.4. The van der Waals surface area contributed by atoms with Gasteiger partial charge in [0.05, 0.1) is 6.10 Å². The monoisotopic (exact) mass is 239 g/mol. The molecule has 0 radical (unpaired) electrons. The first-order valence-electron chi connectivity index (χ1n) is 5.39. The van der Waals surface area contributed by atoms with Crippen LogP contribution in [0.5, 0.6) is 5.88 Å². The van der Waals surface area contributed by atoms with Gasteiger partial charge in [-0.2, -0.15) is 0 Å². The average Bonchev–Trinajstić information content (AvgIpc) is 2.15. The predicted molar refractivity (Wildman–Crippen MR) is 62.0 cm³/mol. The minimum absolute atomic E-state index is 0.00210. The molecule has 0 aliphatic rings. The third-order valence-electron chi connectivity index (χ3n) is 2.12. The molecule has 1 atom stereocenters. The van der Waals surface area contributed by atoms with E-state index in [4.69, 9.17) is 9.84 Å². The Labute approximate surface area is 100 Å². The van der Waals surface area contributed by atoms with Gasteiger partial charge in [0.15, 0.2) is 5.60 Å². The molecule has 1 unspecified atom stereocenters. The molecule has 0 aliphatic carbocycles. The van der Waals surface area contributed by atoms with E-state index in [9.17, 15) is 9.90 Å². The third kappa shape index (κ3) is 4.03. The summed E-state index contributed by atoms with van der Waals surface area (Å²) in [5.41, 5.74) is -1.33. The highest BCUT2D eigenvalue weighted by Gasteiger charge is 2.30. The first-order valence-corrected chi connectivity index (χ1v) is 5.39. The highest BCUT2D eigenvalue weighted by Crippen LogP contribution is 2.15. The maximum absolute atomic E-state index is 10.8. The fourth-order valence-corrected chi connectivity index (χ4v) is 1.29. The van der Waals surface area contributed by atoms with Gasteiger partial charge < -0.3 is 14.9 Å². The highest BCUT2D eigenvalue weighted by atomic mass is 16.5. The number of hydrogen-bond acceptors (Lipinski definition) is 4. The van der Waals surface area contributed by atoms with Crippen molar-refractivity contribution in [2.45, 2.75) is 38.9 Å². The van der Waals surface area contributed by atoms with Crippen LogP contribution in [0.2, 0.25) is 0 Å². The Morgan fingerprint density at radius 3 is 2.71 bits per heavy atom. The number of hydrogen-bond donors (Lipinski definition) is 2. The average molecular weight is 239 g/mol. The summed E-state index contributed by atoms with van der Waals surface area (Å²) in [6, 6.07) is 5.07. The summed E-state index contributed by atoms with van der Waals surface area (Å²) in [7, 11) is 0. The zero-order chi connectivity index (χ0) is 13.1. The van der Waals surface area contributed by atoms with Crippen molar-refractivity contribution in [3.8, 4) is 5.88 Å². The molecule has 0 spiro atoms. The van der Waals surface area contributed by atoms with Gasteiger partial charge in [0.25, 0.3) is 0 Å². The van der Waals surface area contributed by atoms with E-state index in [2.05, 4.69) is 4.98 Å². The molecule has 1 heterocycles. The third-order valence-corrected chi connectivity index (χ3v) is 2.12. The van der Waals surface area contributed by atoms with Crippen molar-refractivity contribution in [2.75, 3.05) is 0 Å². The molecule has 0 saturated heterocycles. The lowest BCUT2D eigenvalue weighted by Crippen LogP contribution is -2.37. The molecular formula is C12H17NO4. The van der Waals surface area contributed by atoms with Crippen LogP contribution in [0.25, 0.3) is 0 Å². The van der Waals surface area contributed by atoms with E-state index in [1.54, 1.807) is 18.2 Å². The maximum atomic E-state index is 10.8. The predicted octanol–water partition coefficient (Wildman–Crippen LogP) is 1.25. The van der Waals surface area contributed by atoms with E-state index < -0.39 is 11.6 Å². The Morgan fingerprint density at radius 2 is 2.18 bits per heavy atom. The van der Waals surface area contributed by atoms with Crippen molar-refractivity contribution < 1.29 is 19.7 Å². The standard InChI is InChI=1S/C12H17NO4/c1-8(2)17-10-6-4-5-9(13-10)7-12(3,16)11(14)15/h4-6,8,16H,7H2,1-3H3,(H,14,15). The molecular weight excluding hydrogens is 222 g/mol. The van der Waals surface area contributed by atoms with Crippen molar-refractivity contribution in [2.24, 2.45) is 0 Å². The van der Waals surface area contributed by atoms with Crippen LogP contribution in [0.4, 0.5) is 0 Å². The Hall–Kier alpha value is -1.62. The van der Waals surface area contributed by atoms with Crippen molar-refractivity contribution >= 4 is 5.97 Å². The highest BCUT2D eigenvalue weighted by molar-refractivity contribution is 5.76. The molecule has 0 aromatic carbocycles. The van der Waals surface area contributed by atoms with Crippen LogP contribution in [0.15, 0.2) is 18.2 Å². The molecule has 0 bridgehead atoms. The molecule has 2 N–H and O–H groups in total. The number of aromatic nitrogens is 1. The number of carboxylic acids is 1. The normalized spacial score (nSPS) is 14.4. The number of aliphatic hydroxyl groups is 1. The lowest BCUT2D eigenvalue weighted by molar-refractivity contribution is -0.156. The minimum Gasteiger partial charge on any atom is -0.479 e. The van der Waals surface area contributed by atoms with E-state index in [-0.39, 0.29) is 12.5 Å². The van der Waals surface area contributed by atoms with E-state index in [1.807, 2.05) is 13.8 Å². The maximum Gasteiger partial charge on any atom is 0.335 e. The topological polar surface area (TPSA) is 79.7 Å². The molecule has 1 aromatic rings. The summed E-state index contributed by atoms with van der Waals surface area (Å²) in [6.45, 7) is 5.00. The van der Waals surface area contributed by atoms with Gasteiger partial charge in [-0.05, 0) is 26.8 Å². The number of rotatable bonds is 5. The number of nitrogens with zero attached hydrogens (tertiary/aromatic N) is 1. The molecule has 0 aliphatic heterocycles. The second-order valence-electron chi connectivity index (χ2n) is 4.39. The lowest BCUT2D eigenvalue weighted by atomic mass is 10.0. The van der Waals surface area contributed by atoms with Gasteiger partial charge >= 0.3 is 5.97 Å². The van der Waals surface area contributed by atoms with Crippen LogP contribution in [-0.4, -0.2) is 32.9 Å². The van der Waals surface area contributed by atoms with E-state index >= 15 is 0 Å². The summed E-state index contributed by atoms with van der Waals surface area (Å²) in [4.78, 5) is 14.9. The van der Waals surface area contributed by atoms with Gasteiger partial charge in [-0.25, -0.2) is 9.78 Å². The van der Waals surface area contributed by atoms with Gasteiger partial charge in [0.2, 0.25) is 5.88 Å². The summed E-state index contributed by atoms with van der Waals surface area (Å²) in [5, 5.41) is 18.4.